The number of nitrogens with two attached hydrogens (primary N) is 1. The first-order chi connectivity index (χ1) is 9.51. The van der Waals surface area contributed by atoms with E-state index in [1.165, 1.54) is 43.0 Å². The Bertz CT molecular complexity index is 751. The van der Waals surface area contributed by atoms with Gasteiger partial charge in [-0.3, -0.25) is 9.59 Å². The molecule has 0 unspecified atom stereocenters. The van der Waals surface area contributed by atoms with Crippen molar-refractivity contribution >= 4 is 22.4 Å². The molecule has 0 fully saturated rings. The van der Waals surface area contributed by atoms with E-state index in [0.717, 1.165) is 0 Å². The Balaban J connectivity index is 2.79. The average Bonchev–Trinajstić information content (AvgIpc) is 2.45. The molecule has 20 heavy (non-hydrogen) atoms. The summed E-state index contributed by atoms with van der Waals surface area (Å²) in [6, 6.07) is 3.77. The lowest BCUT2D eigenvalue weighted by Gasteiger charge is -2.13. The number of nitrogens with zero attached hydrogens (tertiary/aromatic N) is 2. The Morgan fingerprint density at radius 1 is 1.35 bits per heavy atom. The molecular formula is C13H13N3O4. The Morgan fingerprint density at radius 3 is 2.60 bits per heavy atom. The second-order valence-electron chi connectivity index (χ2n) is 4.28. The van der Waals surface area contributed by atoms with Gasteiger partial charge in [-0.15, -0.1) is 4.91 Å². The highest BCUT2D eigenvalue weighted by Crippen LogP contribution is 2.34. The van der Waals surface area contributed by atoms with Crippen LogP contribution in [-0.2, 0) is 4.79 Å². The van der Waals surface area contributed by atoms with E-state index >= 15 is 0 Å². The molecule has 1 heterocycles. The monoisotopic (exact) mass is 275 g/mol. The quantitative estimate of drug-likeness (QED) is 0.853. The van der Waals surface area contributed by atoms with Gasteiger partial charge >= 0.3 is 0 Å². The summed E-state index contributed by atoms with van der Waals surface area (Å²) in [7, 11) is 1.41. The molecule has 0 aliphatic heterocycles. The normalized spacial score (nSPS) is 12.1. The van der Waals surface area contributed by atoms with Gasteiger partial charge in [-0.05, 0) is 30.3 Å². The fourth-order valence-electron chi connectivity index (χ4n) is 2.01. The highest BCUT2D eigenvalue weighted by Gasteiger charge is 2.17. The van der Waals surface area contributed by atoms with Crippen molar-refractivity contribution in [2.45, 2.75) is 13.0 Å². The van der Waals surface area contributed by atoms with Gasteiger partial charge in [0.1, 0.15) is 11.8 Å². The van der Waals surface area contributed by atoms with Crippen molar-refractivity contribution in [3.05, 3.63) is 39.7 Å². The number of rotatable bonds is 4. The van der Waals surface area contributed by atoms with Gasteiger partial charge in [-0.2, -0.15) is 0 Å². The number of nitroso groups, excluding NO2 is 1. The molecule has 0 radical (unpaired) electrons. The fraction of sp³-hybridized carbons (Fsp3) is 0.231. The van der Waals surface area contributed by atoms with Crippen LogP contribution >= 0.6 is 0 Å². The Morgan fingerprint density at radius 2 is 2.05 bits per heavy atom. The maximum atomic E-state index is 12.3. The summed E-state index contributed by atoms with van der Waals surface area (Å²) in [6.07, 6.45) is 1.41. The average molecular weight is 275 g/mol. The van der Waals surface area contributed by atoms with E-state index in [-0.39, 0.29) is 16.8 Å². The Hall–Kier alpha value is -2.70. The van der Waals surface area contributed by atoms with Gasteiger partial charge in [0.2, 0.25) is 5.91 Å². The summed E-state index contributed by atoms with van der Waals surface area (Å²) in [5.41, 5.74) is 4.84. The lowest BCUT2D eigenvalue weighted by Crippen LogP contribution is -2.31. The molecule has 0 aliphatic rings. The number of carbonyl (C=O) groups is 1. The minimum absolute atomic E-state index is 0.0565. The minimum Gasteiger partial charge on any atom is -0.494 e. The molecule has 1 aromatic carbocycles. The van der Waals surface area contributed by atoms with Gasteiger partial charge in [-0.25, -0.2) is 0 Å². The number of hydrogen-bond acceptors (Lipinski definition) is 5. The zero-order valence-electron chi connectivity index (χ0n) is 11.0. The number of ether oxygens (including phenoxy) is 1. The number of primary amides is 1. The summed E-state index contributed by atoms with van der Waals surface area (Å²) in [5, 5.41) is 3.55. The predicted molar refractivity (Wildman–Crippen MR) is 74.1 cm³/mol. The van der Waals surface area contributed by atoms with Crippen molar-refractivity contribution in [1.82, 2.24) is 4.57 Å². The maximum Gasteiger partial charge on any atom is 0.259 e. The molecular weight excluding hydrogens is 262 g/mol. The number of amides is 1. The van der Waals surface area contributed by atoms with Gasteiger partial charge in [0.25, 0.3) is 5.56 Å². The number of pyridine rings is 1. The first-order valence-electron chi connectivity index (χ1n) is 5.85. The van der Waals surface area contributed by atoms with Crippen LogP contribution in [0, 0.1) is 4.91 Å². The first-order valence-corrected chi connectivity index (χ1v) is 5.85. The fourth-order valence-corrected chi connectivity index (χ4v) is 2.01. The van der Waals surface area contributed by atoms with Crippen molar-refractivity contribution in [2.75, 3.05) is 7.11 Å². The van der Waals surface area contributed by atoms with Crippen molar-refractivity contribution in [1.29, 1.82) is 0 Å². The van der Waals surface area contributed by atoms with Crippen molar-refractivity contribution < 1.29 is 9.53 Å². The molecule has 2 aromatic rings. The molecule has 104 valence electrons. The van der Waals surface area contributed by atoms with Gasteiger partial charge in [0, 0.05) is 17.0 Å². The van der Waals surface area contributed by atoms with Gasteiger partial charge < -0.3 is 15.0 Å². The highest BCUT2D eigenvalue weighted by molar-refractivity contribution is 5.95. The zero-order chi connectivity index (χ0) is 14.9. The first kappa shape index (κ1) is 13.7. The third kappa shape index (κ3) is 2.03. The molecule has 1 atom stereocenters. The molecule has 7 nitrogen and oxygen atoms in total. The third-order valence-electron chi connectivity index (χ3n) is 3.19. The second kappa shape index (κ2) is 5.12. The highest BCUT2D eigenvalue weighted by atomic mass is 16.5. The maximum absolute atomic E-state index is 12.3. The molecule has 0 aliphatic carbocycles. The molecule has 0 saturated carbocycles. The predicted octanol–water partition coefficient (Wildman–Crippen LogP) is 1.45. The molecule has 2 rings (SSSR count). The summed E-state index contributed by atoms with van der Waals surface area (Å²) >= 11 is 0. The van der Waals surface area contributed by atoms with Crippen LogP contribution in [-0.4, -0.2) is 17.6 Å². The van der Waals surface area contributed by atoms with Crippen LogP contribution in [0.1, 0.15) is 13.0 Å². The molecule has 2 N–H and O–H groups in total. The minimum atomic E-state index is -0.776. The van der Waals surface area contributed by atoms with Crippen molar-refractivity contribution in [2.24, 2.45) is 10.9 Å². The largest absolute Gasteiger partial charge is 0.494 e. The van der Waals surface area contributed by atoms with Crippen LogP contribution in [0.3, 0.4) is 0 Å². The van der Waals surface area contributed by atoms with Crippen LogP contribution < -0.4 is 16.0 Å². The lowest BCUT2D eigenvalue weighted by molar-refractivity contribution is -0.120. The summed E-state index contributed by atoms with van der Waals surface area (Å²) in [4.78, 5) is 34.4. The van der Waals surface area contributed by atoms with Crippen LogP contribution in [0.15, 0.2) is 34.4 Å². The van der Waals surface area contributed by atoms with Gasteiger partial charge in [0.05, 0.1) is 7.11 Å². The number of carbonyl (C=O) groups excluding carboxylic acids is 1. The van der Waals surface area contributed by atoms with Gasteiger partial charge in [0.15, 0.2) is 5.69 Å². The smallest absolute Gasteiger partial charge is 0.259 e. The number of fused-ring (bicyclic) bond motifs is 1. The molecule has 1 aromatic heterocycles. The molecule has 7 heteroatoms. The molecule has 0 bridgehead atoms. The zero-order valence-corrected chi connectivity index (χ0v) is 11.0. The van der Waals surface area contributed by atoms with Crippen LogP contribution in [0.4, 0.5) is 5.69 Å². The number of benzene rings is 1. The molecule has 0 saturated heterocycles. The third-order valence-corrected chi connectivity index (χ3v) is 3.19. The SMILES string of the molecule is COc1ccc2c(=O)n([C@H](C)C(N)=O)ccc2c1N=O. The molecule has 1 amide bonds. The Labute approximate surface area is 113 Å². The van der Waals surface area contributed by atoms with E-state index < -0.39 is 17.5 Å². The van der Waals surface area contributed by atoms with Crippen molar-refractivity contribution in [3.8, 4) is 5.75 Å². The van der Waals surface area contributed by atoms with E-state index in [4.69, 9.17) is 10.5 Å². The van der Waals surface area contributed by atoms with E-state index in [9.17, 15) is 14.5 Å². The van der Waals surface area contributed by atoms with E-state index in [0.29, 0.717) is 5.39 Å². The standard InChI is InChI=1S/C13H13N3O4/c1-7(12(14)17)16-6-5-8-9(13(16)18)3-4-10(20-2)11(8)15-19/h3-7H,1-2H3,(H2,14,17)/t7-/m1/s1. The molecule has 0 spiro atoms. The summed E-state index contributed by atoms with van der Waals surface area (Å²) < 4.78 is 6.24. The summed E-state index contributed by atoms with van der Waals surface area (Å²) in [6.45, 7) is 1.53. The Kier molecular flexibility index (Phi) is 3.51. The number of methoxy groups -OCH3 is 1. The van der Waals surface area contributed by atoms with Crippen LogP contribution in [0.5, 0.6) is 5.75 Å². The van der Waals surface area contributed by atoms with E-state index in [2.05, 4.69) is 5.18 Å². The van der Waals surface area contributed by atoms with Crippen LogP contribution in [0.25, 0.3) is 10.8 Å². The van der Waals surface area contributed by atoms with Crippen molar-refractivity contribution in [3.63, 3.8) is 0 Å². The number of hydrogen-bond donors (Lipinski definition) is 1. The second-order valence-corrected chi connectivity index (χ2v) is 4.28. The summed E-state index contributed by atoms with van der Waals surface area (Å²) in [5.74, 6) is -0.332. The lowest BCUT2D eigenvalue weighted by atomic mass is 10.1. The van der Waals surface area contributed by atoms with E-state index in [1.807, 2.05) is 0 Å². The topological polar surface area (TPSA) is 104 Å². The van der Waals surface area contributed by atoms with Crippen LogP contribution in [0.2, 0.25) is 0 Å². The van der Waals surface area contributed by atoms with E-state index in [1.54, 1.807) is 0 Å². The van der Waals surface area contributed by atoms with Gasteiger partial charge in [-0.1, -0.05) is 0 Å². The number of aromatic nitrogens is 1.